The first-order chi connectivity index (χ1) is 15.4. The van der Waals surface area contributed by atoms with Gasteiger partial charge < -0.3 is 10.1 Å². The fourth-order valence-electron chi connectivity index (χ4n) is 4.34. The van der Waals surface area contributed by atoms with E-state index in [1.54, 1.807) is 0 Å². The molecule has 9 nitrogen and oxygen atoms in total. The van der Waals surface area contributed by atoms with Gasteiger partial charge in [-0.05, 0) is 25.3 Å². The van der Waals surface area contributed by atoms with Crippen LogP contribution < -0.4 is 15.6 Å². The minimum Gasteiger partial charge on any atom is -0.429 e. The number of pyridine rings is 1. The zero-order valence-electron chi connectivity index (χ0n) is 17.7. The summed E-state index contributed by atoms with van der Waals surface area (Å²) in [5.74, 6) is -3.51. The highest BCUT2D eigenvalue weighted by Crippen LogP contribution is 2.42. The van der Waals surface area contributed by atoms with E-state index in [-0.39, 0.29) is 29.4 Å². The van der Waals surface area contributed by atoms with Crippen molar-refractivity contribution >= 4 is 27.0 Å². The smallest absolute Gasteiger partial charge is 0.387 e. The molecule has 14 heteroatoms. The highest BCUT2D eigenvalue weighted by molar-refractivity contribution is 7.88. The average molecular weight is 493 g/mol. The molecule has 0 aromatic carbocycles. The molecule has 0 unspecified atom stereocenters. The molecule has 182 valence electrons. The highest BCUT2D eigenvalue weighted by atomic mass is 32.2. The van der Waals surface area contributed by atoms with Gasteiger partial charge in [-0.1, -0.05) is 0 Å². The molecule has 3 heterocycles. The first kappa shape index (κ1) is 23.7. The summed E-state index contributed by atoms with van der Waals surface area (Å²) in [7, 11) is -3.28. The number of fused-ring (bicyclic) bond motifs is 1. The maximum absolute atomic E-state index is 13.9. The number of ether oxygens (including phenoxy) is 1. The highest BCUT2D eigenvalue weighted by Gasteiger charge is 2.41. The third-order valence-corrected chi connectivity index (χ3v) is 7.26. The van der Waals surface area contributed by atoms with Gasteiger partial charge >= 0.3 is 6.61 Å². The number of hydrogen-bond donors (Lipinski definition) is 1. The molecular formula is C19H23F4N5O4S. The number of hydrogen-bond acceptors (Lipinski definition) is 7. The number of alkyl halides is 4. The largest absolute Gasteiger partial charge is 0.429 e. The van der Waals surface area contributed by atoms with Crippen molar-refractivity contribution in [3.8, 4) is 5.75 Å². The lowest BCUT2D eigenvalue weighted by molar-refractivity contribution is -0.0511. The first-order valence-corrected chi connectivity index (χ1v) is 12.2. The van der Waals surface area contributed by atoms with E-state index in [9.17, 15) is 30.8 Å². The fraction of sp³-hybridized carbons (Fsp3) is 0.632. The van der Waals surface area contributed by atoms with E-state index in [0.29, 0.717) is 25.9 Å². The van der Waals surface area contributed by atoms with Crippen LogP contribution in [0.25, 0.3) is 11.0 Å². The first-order valence-electron chi connectivity index (χ1n) is 10.4. The van der Waals surface area contributed by atoms with E-state index in [0.717, 1.165) is 16.9 Å². The Kier molecular flexibility index (Phi) is 6.24. The predicted octanol–water partition coefficient (Wildman–Crippen LogP) is 2.59. The van der Waals surface area contributed by atoms with Gasteiger partial charge in [0.2, 0.25) is 21.9 Å². The molecule has 2 aromatic heterocycles. The van der Waals surface area contributed by atoms with E-state index in [1.165, 1.54) is 10.5 Å². The molecule has 0 radical (unpaired) electrons. The van der Waals surface area contributed by atoms with Gasteiger partial charge in [-0.25, -0.2) is 26.5 Å². The van der Waals surface area contributed by atoms with Crippen LogP contribution in [-0.2, 0) is 10.0 Å². The van der Waals surface area contributed by atoms with Gasteiger partial charge in [0.25, 0.3) is 5.56 Å². The molecule has 2 aromatic rings. The topological polar surface area (TPSA) is 106 Å². The second kappa shape index (κ2) is 8.70. The summed E-state index contributed by atoms with van der Waals surface area (Å²) in [6, 6.07) is -0.00299. The van der Waals surface area contributed by atoms with Crippen LogP contribution >= 0.6 is 0 Å². The zero-order chi connectivity index (χ0) is 24.0. The van der Waals surface area contributed by atoms with Gasteiger partial charge in [-0.15, -0.1) is 0 Å². The molecule has 1 saturated heterocycles. The van der Waals surface area contributed by atoms with Gasteiger partial charge in [-0.3, -0.25) is 9.36 Å². The minimum absolute atomic E-state index is 0.0170. The van der Waals surface area contributed by atoms with Crippen molar-refractivity contribution in [1.29, 1.82) is 0 Å². The number of aromatic nitrogens is 3. The van der Waals surface area contributed by atoms with Crippen molar-refractivity contribution in [2.24, 2.45) is 0 Å². The number of rotatable bonds is 6. The zero-order valence-corrected chi connectivity index (χ0v) is 18.5. The lowest BCUT2D eigenvalue weighted by Gasteiger charge is -2.30. The molecule has 0 amide bonds. The molecule has 2 fully saturated rings. The van der Waals surface area contributed by atoms with Crippen LogP contribution in [0.5, 0.6) is 5.75 Å². The Morgan fingerprint density at radius 2 is 1.94 bits per heavy atom. The van der Waals surface area contributed by atoms with Crippen molar-refractivity contribution in [3.63, 3.8) is 0 Å². The molecule has 0 spiro atoms. The third kappa shape index (κ3) is 5.21. The normalized spacial score (nSPS) is 22.2. The monoisotopic (exact) mass is 493 g/mol. The summed E-state index contributed by atoms with van der Waals surface area (Å²) in [5.41, 5.74) is -0.924. The van der Waals surface area contributed by atoms with E-state index in [2.05, 4.69) is 20.0 Å². The van der Waals surface area contributed by atoms with Gasteiger partial charge in [0.15, 0.2) is 5.75 Å². The summed E-state index contributed by atoms with van der Waals surface area (Å²) in [6.45, 7) is -2.62. The molecule has 1 saturated carbocycles. The summed E-state index contributed by atoms with van der Waals surface area (Å²) in [4.78, 5) is 21.4. The molecule has 1 aliphatic carbocycles. The van der Waals surface area contributed by atoms with Crippen molar-refractivity contribution < 1.29 is 30.7 Å². The SMILES string of the molecule is CS(=O)(=O)N1CCC(Nc2ncc3cc(OC(F)F)c(=O)n([C@@H]4CCC(F)(F)C4)c3n2)CC1. The second-order valence-corrected chi connectivity index (χ2v) is 10.4. The van der Waals surface area contributed by atoms with E-state index in [1.807, 2.05) is 0 Å². The lowest BCUT2D eigenvalue weighted by Crippen LogP contribution is -2.42. The van der Waals surface area contributed by atoms with Gasteiger partial charge in [-0.2, -0.15) is 13.8 Å². The van der Waals surface area contributed by atoms with Crippen LogP contribution in [0.4, 0.5) is 23.5 Å². The van der Waals surface area contributed by atoms with Crippen LogP contribution in [0.2, 0.25) is 0 Å². The third-order valence-electron chi connectivity index (χ3n) is 5.96. The van der Waals surface area contributed by atoms with E-state index >= 15 is 0 Å². The predicted molar refractivity (Wildman–Crippen MR) is 111 cm³/mol. The Balaban J connectivity index is 1.66. The Morgan fingerprint density at radius 3 is 2.52 bits per heavy atom. The quantitative estimate of drug-likeness (QED) is 0.617. The van der Waals surface area contributed by atoms with Gasteiger partial charge in [0, 0.05) is 49.6 Å². The maximum atomic E-state index is 13.9. The van der Waals surface area contributed by atoms with E-state index in [4.69, 9.17) is 0 Å². The maximum Gasteiger partial charge on any atom is 0.387 e. The molecule has 2 aliphatic rings. The second-order valence-electron chi connectivity index (χ2n) is 8.37. The van der Waals surface area contributed by atoms with Crippen LogP contribution in [-0.4, -0.2) is 65.2 Å². The van der Waals surface area contributed by atoms with Crippen molar-refractivity contribution in [2.75, 3.05) is 24.7 Å². The Morgan fingerprint density at radius 1 is 1.24 bits per heavy atom. The van der Waals surface area contributed by atoms with Crippen molar-refractivity contribution in [1.82, 2.24) is 18.8 Å². The summed E-state index contributed by atoms with van der Waals surface area (Å²) < 4.78 is 83.3. The molecular weight excluding hydrogens is 470 g/mol. The average Bonchev–Trinajstić information content (AvgIpc) is 3.07. The van der Waals surface area contributed by atoms with Crippen LogP contribution in [0, 0.1) is 0 Å². The van der Waals surface area contributed by atoms with Crippen molar-refractivity contribution in [2.45, 2.75) is 56.7 Å². The van der Waals surface area contributed by atoms with Crippen LogP contribution in [0.3, 0.4) is 0 Å². The number of nitrogens with zero attached hydrogens (tertiary/aromatic N) is 4. The Hall–Kier alpha value is -2.48. The van der Waals surface area contributed by atoms with Crippen LogP contribution in [0.15, 0.2) is 17.1 Å². The standard InChI is InChI=1S/C19H23F4N5O4S/c1-33(30,31)27-6-3-12(4-7-27)25-18-24-10-11-8-14(32-17(20)21)16(29)28(15(11)26-18)13-2-5-19(22,23)9-13/h8,10,12-13,17H,2-7,9H2,1H3,(H,24,25,26)/t13-/m1/s1. The molecule has 1 N–H and O–H groups in total. The van der Waals surface area contributed by atoms with E-state index < -0.39 is 52.7 Å². The number of halogens is 4. The van der Waals surface area contributed by atoms with Crippen molar-refractivity contribution in [3.05, 3.63) is 22.6 Å². The molecule has 33 heavy (non-hydrogen) atoms. The number of nitrogens with one attached hydrogen (secondary N) is 1. The summed E-state index contributed by atoms with van der Waals surface area (Å²) in [5, 5.41) is 3.28. The molecule has 0 bridgehead atoms. The fourth-order valence-corrected chi connectivity index (χ4v) is 5.22. The van der Waals surface area contributed by atoms with Gasteiger partial charge in [0.05, 0.1) is 6.26 Å². The number of piperidine rings is 1. The molecule has 1 aliphatic heterocycles. The number of sulfonamides is 1. The number of anilines is 1. The molecule has 1 atom stereocenters. The summed E-state index contributed by atoms with van der Waals surface area (Å²) in [6.07, 6.45) is 2.38. The van der Waals surface area contributed by atoms with Gasteiger partial charge in [0.1, 0.15) is 5.65 Å². The summed E-state index contributed by atoms with van der Waals surface area (Å²) >= 11 is 0. The van der Waals surface area contributed by atoms with Crippen LogP contribution in [0.1, 0.15) is 38.1 Å². The minimum atomic E-state index is -3.28. The Bertz CT molecular complexity index is 1200. The lowest BCUT2D eigenvalue weighted by atomic mass is 10.1. The molecule has 4 rings (SSSR count). The Labute approximate surface area is 186 Å².